The molecule has 32 heavy (non-hydrogen) atoms. The molecule has 164 valence electrons. The Hall–Kier alpha value is -3.10. The van der Waals surface area contributed by atoms with Crippen molar-refractivity contribution in [2.75, 3.05) is 0 Å². The highest BCUT2D eigenvalue weighted by Crippen LogP contribution is 2.32. The third-order valence-corrected chi connectivity index (χ3v) is 5.41. The molecule has 0 bridgehead atoms. The molecule has 4 rings (SSSR count). The smallest absolute Gasteiger partial charge is 0.348 e. The number of carbonyl (C=O) groups is 1. The summed E-state index contributed by atoms with van der Waals surface area (Å²) in [7, 11) is 1.69. The first kappa shape index (κ1) is 22.1. The van der Waals surface area contributed by atoms with Crippen LogP contribution in [0, 0.1) is 0 Å². The topological polar surface area (TPSA) is 59.8 Å². The van der Waals surface area contributed by atoms with E-state index in [0.29, 0.717) is 37.9 Å². The molecule has 0 fully saturated rings. The van der Waals surface area contributed by atoms with E-state index in [-0.39, 0.29) is 12.1 Å². The first-order valence-electron chi connectivity index (χ1n) is 9.36. The molecular formula is C22H15Cl2F3N4O. The fraction of sp³-hybridized carbons (Fsp3) is 0.136. The fourth-order valence-corrected chi connectivity index (χ4v) is 3.78. The lowest BCUT2D eigenvalue weighted by Gasteiger charge is -2.11. The van der Waals surface area contributed by atoms with Gasteiger partial charge >= 0.3 is 6.18 Å². The number of hydrogen-bond donors (Lipinski definition) is 1. The quantitative estimate of drug-likeness (QED) is 0.397. The van der Waals surface area contributed by atoms with Gasteiger partial charge in [0, 0.05) is 24.2 Å². The van der Waals surface area contributed by atoms with E-state index in [1.54, 1.807) is 31.3 Å². The lowest BCUT2D eigenvalue weighted by Crippen LogP contribution is -2.23. The van der Waals surface area contributed by atoms with Crippen molar-refractivity contribution < 1.29 is 18.0 Å². The van der Waals surface area contributed by atoms with Crippen molar-refractivity contribution in [2.24, 2.45) is 7.05 Å². The Labute approximate surface area is 190 Å². The van der Waals surface area contributed by atoms with Crippen molar-refractivity contribution in [3.63, 3.8) is 0 Å². The number of hydrogen-bond acceptors (Lipinski definition) is 3. The van der Waals surface area contributed by atoms with Crippen molar-refractivity contribution in [1.29, 1.82) is 0 Å². The van der Waals surface area contributed by atoms with Gasteiger partial charge in [-0.25, -0.2) is 4.98 Å². The molecule has 5 nitrogen and oxygen atoms in total. The van der Waals surface area contributed by atoms with Crippen LogP contribution in [0.25, 0.3) is 22.3 Å². The van der Waals surface area contributed by atoms with Crippen LogP contribution in [0.5, 0.6) is 0 Å². The van der Waals surface area contributed by atoms with Crippen molar-refractivity contribution >= 4 is 40.1 Å². The van der Waals surface area contributed by atoms with Gasteiger partial charge in [-0.3, -0.25) is 9.48 Å². The van der Waals surface area contributed by atoms with Crippen molar-refractivity contribution in [3.05, 3.63) is 81.5 Å². The number of carbonyl (C=O) groups excluding carboxylic acids is 1. The summed E-state index contributed by atoms with van der Waals surface area (Å²) in [5, 5.41) is 8.16. The molecule has 1 amide bonds. The van der Waals surface area contributed by atoms with Crippen LogP contribution in [0.15, 0.2) is 54.7 Å². The van der Waals surface area contributed by atoms with Crippen LogP contribution in [0.4, 0.5) is 13.2 Å². The maximum Gasteiger partial charge on any atom is 0.416 e. The summed E-state index contributed by atoms with van der Waals surface area (Å²) in [5.74, 6) is -0.478. The highest BCUT2D eigenvalue weighted by atomic mass is 35.5. The summed E-state index contributed by atoms with van der Waals surface area (Å²) in [4.78, 5) is 17.6. The van der Waals surface area contributed by atoms with Crippen molar-refractivity contribution in [2.45, 2.75) is 12.7 Å². The molecular weight excluding hydrogens is 464 g/mol. The zero-order chi connectivity index (χ0) is 23.0. The largest absolute Gasteiger partial charge is 0.416 e. The van der Waals surface area contributed by atoms with E-state index in [4.69, 9.17) is 23.2 Å². The van der Waals surface area contributed by atoms with Crippen LogP contribution in [0.3, 0.4) is 0 Å². The number of benzene rings is 2. The summed E-state index contributed by atoms with van der Waals surface area (Å²) in [6, 6.07) is 11.3. The summed E-state index contributed by atoms with van der Waals surface area (Å²) >= 11 is 12.3. The van der Waals surface area contributed by atoms with Gasteiger partial charge in [0.15, 0.2) is 5.65 Å². The molecule has 0 unspecified atom stereocenters. The third kappa shape index (κ3) is 4.42. The number of nitrogens with one attached hydrogen (secondary N) is 1. The monoisotopic (exact) mass is 478 g/mol. The summed E-state index contributed by atoms with van der Waals surface area (Å²) < 4.78 is 40.4. The number of amides is 1. The lowest BCUT2D eigenvalue weighted by atomic mass is 10.1. The van der Waals surface area contributed by atoms with Gasteiger partial charge in [0.2, 0.25) is 0 Å². The molecule has 0 atom stereocenters. The Morgan fingerprint density at radius 1 is 1.12 bits per heavy atom. The van der Waals surface area contributed by atoms with E-state index in [1.807, 2.05) is 0 Å². The van der Waals surface area contributed by atoms with Crippen LogP contribution >= 0.6 is 23.2 Å². The molecule has 0 spiro atoms. The molecule has 0 radical (unpaired) electrons. The molecule has 0 aliphatic heterocycles. The van der Waals surface area contributed by atoms with E-state index >= 15 is 0 Å². The van der Waals surface area contributed by atoms with Crippen molar-refractivity contribution in [1.82, 2.24) is 20.1 Å². The van der Waals surface area contributed by atoms with Crippen LogP contribution in [0.2, 0.25) is 10.0 Å². The average molecular weight is 479 g/mol. The molecule has 4 aromatic rings. The van der Waals surface area contributed by atoms with Gasteiger partial charge in [-0.15, -0.1) is 0 Å². The van der Waals surface area contributed by atoms with Gasteiger partial charge in [-0.1, -0.05) is 35.3 Å². The summed E-state index contributed by atoms with van der Waals surface area (Å²) in [6.45, 7) is -0.0795. The number of aromatic nitrogens is 3. The van der Waals surface area contributed by atoms with Crippen LogP contribution in [0.1, 0.15) is 21.5 Å². The molecule has 2 aromatic heterocycles. The standard InChI is InChI=1S/C22H15Cl2F3N4O/c1-31-20-17(11-29-31)16(9-19(30-20)15-6-5-14(23)8-18(15)24)21(32)28-10-12-3-2-4-13(7-12)22(25,26)27/h2-9,11H,10H2,1H3,(H,28,32). The molecule has 0 saturated heterocycles. The zero-order valence-electron chi connectivity index (χ0n) is 16.5. The maximum atomic E-state index is 13.0. The first-order valence-corrected chi connectivity index (χ1v) is 10.1. The average Bonchev–Trinajstić information content (AvgIpc) is 3.12. The Morgan fingerprint density at radius 3 is 2.62 bits per heavy atom. The predicted molar refractivity (Wildman–Crippen MR) is 117 cm³/mol. The van der Waals surface area contributed by atoms with Gasteiger partial charge in [-0.05, 0) is 42.0 Å². The number of halogens is 5. The Morgan fingerprint density at radius 2 is 1.91 bits per heavy atom. The Bertz CT molecular complexity index is 1330. The number of pyridine rings is 1. The predicted octanol–water partition coefficient (Wildman–Crippen LogP) is 5.89. The SMILES string of the molecule is Cn1ncc2c(C(=O)NCc3cccc(C(F)(F)F)c3)cc(-c3ccc(Cl)cc3Cl)nc21. The highest BCUT2D eigenvalue weighted by Gasteiger charge is 2.30. The second kappa shape index (κ2) is 8.44. The normalized spacial score (nSPS) is 11.7. The van der Waals surface area contributed by atoms with Gasteiger partial charge < -0.3 is 5.32 Å². The fourth-order valence-electron chi connectivity index (χ4n) is 3.27. The summed E-state index contributed by atoms with van der Waals surface area (Å²) in [6.07, 6.45) is -2.95. The van der Waals surface area contributed by atoms with E-state index in [1.165, 1.54) is 23.0 Å². The highest BCUT2D eigenvalue weighted by molar-refractivity contribution is 6.36. The lowest BCUT2D eigenvalue weighted by molar-refractivity contribution is -0.137. The Kier molecular flexibility index (Phi) is 5.83. The van der Waals surface area contributed by atoms with Gasteiger partial charge in [0.05, 0.1) is 33.4 Å². The second-order valence-electron chi connectivity index (χ2n) is 7.07. The number of nitrogens with zero attached hydrogens (tertiary/aromatic N) is 3. The van der Waals surface area contributed by atoms with Gasteiger partial charge in [0.25, 0.3) is 5.91 Å². The molecule has 1 N–H and O–H groups in total. The van der Waals surface area contributed by atoms with E-state index in [2.05, 4.69) is 15.4 Å². The first-order chi connectivity index (χ1) is 15.1. The molecule has 2 heterocycles. The van der Waals surface area contributed by atoms with Crippen molar-refractivity contribution in [3.8, 4) is 11.3 Å². The third-order valence-electron chi connectivity index (χ3n) is 4.86. The second-order valence-corrected chi connectivity index (χ2v) is 7.91. The molecule has 0 aliphatic rings. The van der Waals surface area contributed by atoms with E-state index in [9.17, 15) is 18.0 Å². The Balaban J connectivity index is 1.68. The van der Waals surface area contributed by atoms with E-state index in [0.717, 1.165) is 12.1 Å². The van der Waals surface area contributed by atoms with Crippen LogP contribution in [-0.4, -0.2) is 20.7 Å². The minimum absolute atomic E-state index is 0.0795. The van der Waals surface area contributed by atoms with Gasteiger partial charge in [0.1, 0.15) is 0 Å². The number of fused-ring (bicyclic) bond motifs is 1. The minimum Gasteiger partial charge on any atom is -0.348 e. The molecule has 0 saturated carbocycles. The van der Waals surface area contributed by atoms with Gasteiger partial charge in [-0.2, -0.15) is 18.3 Å². The molecule has 10 heteroatoms. The molecule has 2 aromatic carbocycles. The van der Waals surface area contributed by atoms with E-state index < -0.39 is 17.6 Å². The van der Waals surface area contributed by atoms with Crippen LogP contribution in [-0.2, 0) is 19.8 Å². The van der Waals surface area contributed by atoms with Crippen LogP contribution < -0.4 is 5.32 Å². The summed E-state index contributed by atoms with van der Waals surface area (Å²) in [5.41, 5.74) is 1.29. The molecule has 0 aliphatic carbocycles. The number of aryl methyl sites for hydroxylation is 1. The maximum absolute atomic E-state index is 13.0. The minimum atomic E-state index is -4.46. The zero-order valence-corrected chi connectivity index (χ0v) is 18.1. The number of rotatable bonds is 4. The number of alkyl halides is 3.